The molecule has 0 radical (unpaired) electrons. The van der Waals surface area contributed by atoms with Crippen LogP contribution in [0, 0.1) is 0 Å². The van der Waals surface area contributed by atoms with Crippen molar-refractivity contribution < 1.29 is 18.8 Å². The number of nitrogens with one attached hydrogen (secondary N) is 1. The van der Waals surface area contributed by atoms with Gasteiger partial charge in [-0.2, -0.15) is 0 Å². The summed E-state index contributed by atoms with van der Waals surface area (Å²) in [5, 5.41) is 2.72. The third-order valence-electron chi connectivity index (χ3n) is 4.33. The van der Waals surface area contributed by atoms with Crippen LogP contribution in [0.1, 0.15) is 12.7 Å². The Hall–Kier alpha value is -2.51. The normalized spacial score (nSPS) is 24.2. The number of urea groups is 1. The van der Waals surface area contributed by atoms with E-state index in [0.29, 0.717) is 25.4 Å². The predicted octanol–water partition coefficient (Wildman–Crippen LogP) is -0.137. The topological polar surface area (TPSA) is 86.1 Å². The van der Waals surface area contributed by atoms with Gasteiger partial charge in [-0.15, -0.1) is 0 Å². The van der Waals surface area contributed by atoms with Crippen LogP contribution in [0.4, 0.5) is 4.79 Å². The van der Waals surface area contributed by atoms with Crippen molar-refractivity contribution in [1.29, 1.82) is 0 Å². The van der Waals surface area contributed by atoms with Crippen LogP contribution in [0.15, 0.2) is 22.8 Å². The molecular formula is C15H20N4O4. The first kappa shape index (κ1) is 15.4. The molecule has 2 atom stereocenters. The van der Waals surface area contributed by atoms with Crippen molar-refractivity contribution in [2.45, 2.75) is 25.6 Å². The van der Waals surface area contributed by atoms with Crippen molar-refractivity contribution in [2.24, 2.45) is 0 Å². The van der Waals surface area contributed by atoms with Gasteiger partial charge in [0, 0.05) is 20.1 Å². The molecule has 2 aliphatic rings. The zero-order valence-electron chi connectivity index (χ0n) is 13.2. The number of fused-ring (bicyclic) bond motifs is 1. The van der Waals surface area contributed by atoms with Crippen molar-refractivity contribution in [3.63, 3.8) is 0 Å². The average molecular weight is 320 g/mol. The summed E-state index contributed by atoms with van der Waals surface area (Å²) in [6, 6.07) is 2.72. The molecule has 2 aliphatic heterocycles. The number of carbonyl (C=O) groups is 3. The molecule has 3 rings (SSSR count). The van der Waals surface area contributed by atoms with Crippen LogP contribution in [0.5, 0.6) is 0 Å². The van der Waals surface area contributed by atoms with Gasteiger partial charge in [-0.3, -0.25) is 9.59 Å². The Bertz CT molecular complexity index is 615. The van der Waals surface area contributed by atoms with Crippen LogP contribution in [0.25, 0.3) is 0 Å². The fourth-order valence-electron chi connectivity index (χ4n) is 3.17. The fourth-order valence-corrected chi connectivity index (χ4v) is 3.17. The number of furan rings is 1. The quantitative estimate of drug-likeness (QED) is 0.837. The summed E-state index contributed by atoms with van der Waals surface area (Å²) in [7, 11) is 1.74. The van der Waals surface area contributed by atoms with Crippen molar-refractivity contribution >= 4 is 17.8 Å². The van der Waals surface area contributed by atoms with E-state index in [1.165, 1.54) is 4.90 Å². The Balaban J connectivity index is 1.58. The standard InChI is InChI=1S/C15H20N4O4/c1-10-14(21)17(2)7-11-8-18(15(22)19(10)11)9-13(20)16-6-12-4-3-5-23-12/h3-5,10-11H,6-9H2,1-2H3,(H,16,20)/t10-,11-/m0/s1. The number of hydrogen-bond donors (Lipinski definition) is 1. The number of nitrogens with zero attached hydrogens (tertiary/aromatic N) is 3. The van der Waals surface area contributed by atoms with E-state index in [0.717, 1.165) is 0 Å². The van der Waals surface area contributed by atoms with Gasteiger partial charge in [0.25, 0.3) is 0 Å². The number of piperazine rings is 1. The van der Waals surface area contributed by atoms with Crippen molar-refractivity contribution in [3.05, 3.63) is 24.2 Å². The molecule has 23 heavy (non-hydrogen) atoms. The molecule has 2 fully saturated rings. The van der Waals surface area contributed by atoms with Gasteiger partial charge in [0.1, 0.15) is 18.3 Å². The Labute approximate surface area is 134 Å². The molecule has 1 N–H and O–H groups in total. The number of likely N-dealkylation sites (N-methyl/N-ethyl adjacent to an activating group) is 1. The molecule has 0 aromatic carbocycles. The van der Waals surface area contributed by atoms with Crippen molar-refractivity contribution in [3.8, 4) is 0 Å². The number of rotatable bonds is 4. The number of amides is 4. The van der Waals surface area contributed by atoms with Crippen LogP contribution in [0.2, 0.25) is 0 Å². The highest BCUT2D eigenvalue weighted by Gasteiger charge is 2.47. The van der Waals surface area contributed by atoms with Crippen LogP contribution in [-0.4, -0.2) is 71.3 Å². The predicted molar refractivity (Wildman–Crippen MR) is 80.2 cm³/mol. The molecule has 0 saturated carbocycles. The zero-order chi connectivity index (χ0) is 16.6. The van der Waals surface area contributed by atoms with Crippen LogP contribution >= 0.6 is 0 Å². The largest absolute Gasteiger partial charge is 0.467 e. The molecule has 0 unspecified atom stereocenters. The second-order valence-electron chi connectivity index (χ2n) is 5.98. The summed E-state index contributed by atoms with van der Waals surface area (Å²) in [5.74, 6) is 0.338. The van der Waals surface area contributed by atoms with Gasteiger partial charge < -0.3 is 24.4 Å². The molecule has 8 heteroatoms. The monoisotopic (exact) mass is 320 g/mol. The molecule has 0 aliphatic carbocycles. The van der Waals surface area contributed by atoms with E-state index < -0.39 is 6.04 Å². The van der Waals surface area contributed by atoms with E-state index in [4.69, 9.17) is 4.42 Å². The lowest BCUT2D eigenvalue weighted by molar-refractivity contribution is -0.139. The summed E-state index contributed by atoms with van der Waals surface area (Å²) in [6.07, 6.45) is 1.54. The number of hydrogen-bond acceptors (Lipinski definition) is 4. The molecule has 1 aromatic heterocycles. The molecule has 4 amide bonds. The second-order valence-corrected chi connectivity index (χ2v) is 5.98. The lowest BCUT2D eigenvalue weighted by atomic mass is 10.1. The van der Waals surface area contributed by atoms with E-state index in [9.17, 15) is 14.4 Å². The lowest BCUT2D eigenvalue weighted by Gasteiger charge is -2.38. The Morgan fingerprint density at radius 2 is 2.17 bits per heavy atom. The number of carbonyl (C=O) groups excluding carboxylic acids is 3. The van der Waals surface area contributed by atoms with Gasteiger partial charge in [-0.05, 0) is 19.1 Å². The molecule has 0 bridgehead atoms. The highest BCUT2D eigenvalue weighted by molar-refractivity contribution is 5.91. The Morgan fingerprint density at radius 1 is 1.39 bits per heavy atom. The van der Waals surface area contributed by atoms with E-state index in [-0.39, 0.29) is 30.4 Å². The highest BCUT2D eigenvalue weighted by Crippen LogP contribution is 2.24. The first-order chi connectivity index (χ1) is 11.0. The van der Waals surface area contributed by atoms with Gasteiger partial charge in [0.2, 0.25) is 11.8 Å². The van der Waals surface area contributed by atoms with Crippen LogP contribution < -0.4 is 5.32 Å². The second kappa shape index (κ2) is 5.94. The highest BCUT2D eigenvalue weighted by atomic mass is 16.3. The molecular weight excluding hydrogens is 300 g/mol. The third-order valence-corrected chi connectivity index (χ3v) is 4.33. The summed E-state index contributed by atoms with van der Waals surface area (Å²) < 4.78 is 5.14. The van der Waals surface area contributed by atoms with Crippen molar-refractivity contribution in [2.75, 3.05) is 26.7 Å². The van der Waals surface area contributed by atoms with Gasteiger partial charge in [-0.25, -0.2) is 4.79 Å². The van der Waals surface area contributed by atoms with E-state index in [1.807, 2.05) is 0 Å². The fraction of sp³-hybridized carbons (Fsp3) is 0.533. The van der Waals surface area contributed by atoms with E-state index in [1.54, 1.807) is 42.2 Å². The van der Waals surface area contributed by atoms with Gasteiger partial charge in [-0.1, -0.05) is 0 Å². The molecule has 3 heterocycles. The molecule has 1 aromatic rings. The Morgan fingerprint density at radius 3 is 2.87 bits per heavy atom. The first-order valence-electron chi connectivity index (χ1n) is 7.58. The molecule has 2 saturated heterocycles. The average Bonchev–Trinajstić information content (AvgIpc) is 3.12. The summed E-state index contributed by atoms with van der Waals surface area (Å²) >= 11 is 0. The zero-order valence-corrected chi connectivity index (χ0v) is 13.2. The smallest absolute Gasteiger partial charge is 0.321 e. The maximum absolute atomic E-state index is 12.5. The van der Waals surface area contributed by atoms with E-state index >= 15 is 0 Å². The minimum absolute atomic E-state index is 0.0167. The van der Waals surface area contributed by atoms with Gasteiger partial charge in [0.15, 0.2) is 0 Å². The molecule has 0 spiro atoms. The summed E-state index contributed by atoms with van der Waals surface area (Å²) in [5.41, 5.74) is 0. The van der Waals surface area contributed by atoms with Gasteiger partial charge >= 0.3 is 6.03 Å². The third kappa shape index (κ3) is 2.88. The minimum Gasteiger partial charge on any atom is -0.467 e. The maximum Gasteiger partial charge on any atom is 0.321 e. The summed E-state index contributed by atoms with van der Waals surface area (Å²) in [6.45, 7) is 2.95. The lowest BCUT2D eigenvalue weighted by Crippen LogP contribution is -2.58. The summed E-state index contributed by atoms with van der Waals surface area (Å²) in [4.78, 5) is 41.2. The Kier molecular flexibility index (Phi) is 3.97. The minimum atomic E-state index is -0.484. The maximum atomic E-state index is 12.5. The first-order valence-corrected chi connectivity index (χ1v) is 7.58. The van der Waals surface area contributed by atoms with Crippen LogP contribution in [-0.2, 0) is 16.1 Å². The molecule has 124 valence electrons. The van der Waals surface area contributed by atoms with Crippen LogP contribution in [0.3, 0.4) is 0 Å². The molecule has 8 nitrogen and oxygen atoms in total. The SMILES string of the molecule is C[C@H]1C(=O)N(C)C[C@H]2CN(CC(=O)NCc3ccco3)C(=O)N21. The van der Waals surface area contributed by atoms with Crippen molar-refractivity contribution in [1.82, 2.24) is 20.0 Å². The van der Waals surface area contributed by atoms with Gasteiger partial charge in [0.05, 0.1) is 18.8 Å². The van der Waals surface area contributed by atoms with E-state index in [2.05, 4.69) is 5.32 Å².